The van der Waals surface area contributed by atoms with Crippen molar-refractivity contribution in [3.63, 3.8) is 0 Å². The molecule has 150 valence electrons. The van der Waals surface area contributed by atoms with Gasteiger partial charge in [0, 0.05) is 31.6 Å². The Bertz CT molecular complexity index is 1050. The first-order chi connectivity index (χ1) is 14.3. The Morgan fingerprint density at radius 3 is 2.31 bits per heavy atom. The van der Waals surface area contributed by atoms with Crippen molar-refractivity contribution >= 4 is 22.7 Å². The van der Waals surface area contributed by atoms with Gasteiger partial charge in [-0.1, -0.05) is 12.1 Å². The van der Waals surface area contributed by atoms with Crippen LogP contribution in [0.2, 0.25) is 0 Å². The van der Waals surface area contributed by atoms with Crippen molar-refractivity contribution in [3.8, 4) is 11.5 Å². The lowest BCUT2D eigenvalue weighted by Gasteiger charge is -2.32. The zero-order valence-corrected chi connectivity index (χ0v) is 17.0. The molecule has 0 spiro atoms. The number of aromatic nitrogens is 2. The number of fused-ring (bicyclic) bond motifs is 2. The predicted octanol–water partition coefficient (Wildman–Crippen LogP) is 3.81. The van der Waals surface area contributed by atoms with Crippen LogP contribution in [0.4, 0.5) is 11.8 Å². The molecule has 0 bridgehead atoms. The van der Waals surface area contributed by atoms with Crippen LogP contribution in [-0.4, -0.2) is 43.8 Å². The SMILES string of the molecule is COc1cc2c(cc1OC)CN(c1nc(N3CCCC3)nc3ccccc13)CC2. The molecule has 0 saturated carbocycles. The summed E-state index contributed by atoms with van der Waals surface area (Å²) < 4.78 is 11.0. The van der Waals surface area contributed by atoms with Crippen molar-refractivity contribution in [1.82, 2.24) is 9.97 Å². The Balaban J connectivity index is 1.56. The van der Waals surface area contributed by atoms with E-state index in [1.165, 1.54) is 24.0 Å². The van der Waals surface area contributed by atoms with Crippen molar-refractivity contribution in [2.75, 3.05) is 43.7 Å². The number of hydrogen-bond acceptors (Lipinski definition) is 6. The molecule has 0 radical (unpaired) electrons. The molecule has 6 nitrogen and oxygen atoms in total. The highest BCUT2D eigenvalue weighted by Gasteiger charge is 2.24. The Morgan fingerprint density at radius 1 is 0.828 bits per heavy atom. The van der Waals surface area contributed by atoms with Crippen LogP contribution in [0.1, 0.15) is 24.0 Å². The van der Waals surface area contributed by atoms with E-state index in [4.69, 9.17) is 19.4 Å². The Morgan fingerprint density at radius 2 is 1.55 bits per heavy atom. The summed E-state index contributed by atoms with van der Waals surface area (Å²) in [6, 6.07) is 12.5. The molecule has 0 amide bonds. The van der Waals surface area contributed by atoms with Gasteiger partial charge in [-0.25, -0.2) is 4.98 Å². The second-order valence-corrected chi connectivity index (χ2v) is 7.71. The molecule has 29 heavy (non-hydrogen) atoms. The van der Waals surface area contributed by atoms with E-state index in [0.29, 0.717) is 0 Å². The standard InChI is InChI=1S/C23H26N4O2/c1-28-20-13-16-9-12-27(15-17(16)14-21(20)29-2)22-18-7-3-4-8-19(18)24-23(25-22)26-10-5-6-11-26/h3-4,7-8,13-14H,5-6,9-12,15H2,1-2H3. The van der Waals surface area contributed by atoms with Crippen LogP contribution >= 0.6 is 0 Å². The monoisotopic (exact) mass is 390 g/mol. The van der Waals surface area contributed by atoms with E-state index < -0.39 is 0 Å². The molecule has 6 heteroatoms. The van der Waals surface area contributed by atoms with Gasteiger partial charge in [0.1, 0.15) is 5.82 Å². The first-order valence-electron chi connectivity index (χ1n) is 10.3. The molecule has 2 aliphatic heterocycles. The van der Waals surface area contributed by atoms with Gasteiger partial charge >= 0.3 is 0 Å². The van der Waals surface area contributed by atoms with E-state index in [9.17, 15) is 0 Å². The molecule has 0 aliphatic carbocycles. The number of hydrogen-bond donors (Lipinski definition) is 0. The van der Waals surface area contributed by atoms with E-state index in [1.54, 1.807) is 14.2 Å². The van der Waals surface area contributed by atoms with E-state index in [1.807, 2.05) is 0 Å². The van der Waals surface area contributed by atoms with Crippen molar-refractivity contribution in [2.24, 2.45) is 0 Å². The lowest BCUT2D eigenvalue weighted by Crippen LogP contribution is -2.32. The van der Waals surface area contributed by atoms with E-state index >= 15 is 0 Å². The fourth-order valence-electron chi connectivity index (χ4n) is 4.41. The summed E-state index contributed by atoms with van der Waals surface area (Å²) in [6.07, 6.45) is 3.38. The molecular weight excluding hydrogens is 364 g/mol. The van der Waals surface area contributed by atoms with Crippen LogP contribution in [0.15, 0.2) is 36.4 Å². The van der Waals surface area contributed by atoms with Gasteiger partial charge in [0.15, 0.2) is 11.5 Å². The van der Waals surface area contributed by atoms with Crippen LogP contribution in [0.5, 0.6) is 11.5 Å². The van der Waals surface area contributed by atoms with E-state index in [0.717, 1.165) is 66.8 Å². The molecule has 2 aromatic carbocycles. The Labute approximate surface area is 171 Å². The summed E-state index contributed by atoms with van der Waals surface area (Å²) in [5.41, 5.74) is 3.59. The number of benzene rings is 2. The lowest BCUT2D eigenvalue weighted by atomic mass is 9.98. The van der Waals surface area contributed by atoms with Crippen molar-refractivity contribution in [1.29, 1.82) is 0 Å². The van der Waals surface area contributed by atoms with Gasteiger partial charge < -0.3 is 19.3 Å². The van der Waals surface area contributed by atoms with Gasteiger partial charge in [-0.2, -0.15) is 4.98 Å². The van der Waals surface area contributed by atoms with E-state index in [2.05, 4.69) is 46.2 Å². The smallest absolute Gasteiger partial charge is 0.227 e. The number of ether oxygens (including phenoxy) is 2. The predicted molar refractivity (Wildman–Crippen MR) is 115 cm³/mol. The first-order valence-corrected chi connectivity index (χ1v) is 10.3. The summed E-state index contributed by atoms with van der Waals surface area (Å²) in [4.78, 5) is 14.6. The Kier molecular flexibility index (Phi) is 4.62. The minimum Gasteiger partial charge on any atom is -0.493 e. The van der Waals surface area contributed by atoms with Crippen LogP contribution < -0.4 is 19.3 Å². The van der Waals surface area contributed by atoms with Gasteiger partial charge in [-0.3, -0.25) is 0 Å². The molecular formula is C23H26N4O2. The van der Waals surface area contributed by atoms with Crippen LogP contribution in [0.3, 0.4) is 0 Å². The highest BCUT2D eigenvalue weighted by atomic mass is 16.5. The molecule has 3 heterocycles. The van der Waals surface area contributed by atoms with Crippen molar-refractivity contribution in [3.05, 3.63) is 47.5 Å². The summed E-state index contributed by atoms with van der Waals surface area (Å²) in [7, 11) is 3.37. The fraction of sp³-hybridized carbons (Fsp3) is 0.391. The number of rotatable bonds is 4. The van der Waals surface area contributed by atoms with Crippen molar-refractivity contribution < 1.29 is 9.47 Å². The summed E-state index contributed by atoms with van der Waals surface area (Å²) in [5.74, 6) is 3.45. The Hall–Kier alpha value is -3.02. The maximum atomic E-state index is 5.52. The summed E-state index contributed by atoms with van der Waals surface area (Å²) in [6.45, 7) is 3.80. The second kappa shape index (κ2) is 7.43. The second-order valence-electron chi connectivity index (χ2n) is 7.71. The molecule has 0 N–H and O–H groups in total. The van der Waals surface area contributed by atoms with Gasteiger partial charge in [0.05, 0.1) is 19.7 Å². The highest BCUT2D eigenvalue weighted by molar-refractivity contribution is 5.90. The molecule has 0 atom stereocenters. The zero-order chi connectivity index (χ0) is 19.8. The average Bonchev–Trinajstić information content (AvgIpc) is 3.32. The van der Waals surface area contributed by atoms with Crippen LogP contribution in [-0.2, 0) is 13.0 Å². The number of nitrogens with zero attached hydrogens (tertiary/aromatic N) is 4. The van der Waals surface area contributed by atoms with Crippen molar-refractivity contribution in [2.45, 2.75) is 25.8 Å². The largest absolute Gasteiger partial charge is 0.493 e. The molecule has 0 unspecified atom stereocenters. The third kappa shape index (κ3) is 3.22. The minimum atomic E-state index is 0.776. The molecule has 5 rings (SSSR count). The van der Waals surface area contributed by atoms with E-state index in [-0.39, 0.29) is 0 Å². The normalized spacial score (nSPS) is 16.2. The zero-order valence-electron chi connectivity index (χ0n) is 17.0. The maximum Gasteiger partial charge on any atom is 0.227 e. The van der Waals surface area contributed by atoms with Gasteiger partial charge in [-0.05, 0) is 54.7 Å². The topological polar surface area (TPSA) is 50.7 Å². The molecule has 1 saturated heterocycles. The van der Waals surface area contributed by atoms with Gasteiger partial charge in [0.2, 0.25) is 5.95 Å². The fourth-order valence-corrected chi connectivity index (χ4v) is 4.41. The van der Waals surface area contributed by atoms with Gasteiger partial charge in [0.25, 0.3) is 0 Å². The quantitative estimate of drug-likeness (QED) is 0.675. The first kappa shape index (κ1) is 18.0. The third-order valence-corrected chi connectivity index (χ3v) is 5.98. The third-order valence-electron chi connectivity index (χ3n) is 5.98. The average molecular weight is 390 g/mol. The molecule has 3 aromatic rings. The number of anilines is 2. The summed E-state index contributed by atoms with van der Waals surface area (Å²) >= 11 is 0. The highest BCUT2D eigenvalue weighted by Crippen LogP contribution is 2.36. The van der Waals surface area contributed by atoms with Crippen LogP contribution in [0, 0.1) is 0 Å². The molecule has 1 aromatic heterocycles. The number of methoxy groups -OCH3 is 2. The number of para-hydroxylation sites is 1. The maximum absolute atomic E-state index is 5.52. The lowest BCUT2D eigenvalue weighted by molar-refractivity contribution is 0.353. The van der Waals surface area contributed by atoms with Gasteiger partial charge in [-0.15, -0.1) is 0 Å². The summed E-state index contributed by atoms with van der Waals surface area (Å²) in [5, 5.41) is 1.11. The molecule has 1 fully saturated rings. The molecule has 2 aliphatic rings. The minimum absolute atomic E-state index is 0.776. The van der Waals surface area contributed by atoms with Crippen LogP contribution in [0.25, 0.3) is 10.9 Å².